The number of carbonyl (C=O) groups is 2. The summed E-state index contributed by atoms with van der Waals surface area (Å²) >= 11 is 0. The summed E-state index contributed by atoms with van der Waals surface area (Å²) in [4.78, 5) is 25.9. The molecule has 5 nitrogen and oxygen atoms in total. The van der Waals surface area contributed by atoms with Gasteiger partial charge in [-0.3, -0.25) is 9.59 Å². The van der Waals surface area contributed by atoms with Gasteiger partial charge in [0.05, 0.1) is 12.6 Å². The average Bonchev–Trinajstić information content (AvgIpc) is 2.49. The van der Waals surface area contributed by atoms with E-state index in [1.807, 2.05) is 0 Å². The molecule has 1 aromatic rings. The van der Waals surface area contributed by atoms with Gasteiger partial charge in [-0.05, 0) is 20.8 Å². The van der Waals surface area contributed by atoms with Crippen LogP contribution in [0.4, 0.5) is 0 Å². The summed E-state index contributed by atoms with van der Waals surface area (Å²) < 4.78 is 5.24. The first-order chi connectivity index (χ1) is 6.99. The molecule has 15 heavy (non-hydrogen) atoms. The Hall–Kier alpha value is -1.65. The van der Waals surface area contributed by atoms with Crippen LogP contribution in [0.1, 0.15) is 38.0 Å². The number of nitrogens with one attached hydrogen (secondary N) is 1. The number of amides is 1. The summed E-state index contributed by atoms with van der Waals surface area (Å²) in [6, 6.07) is -0.314. The number of ketones is 1. The second-order valence-electron chi connectivity index (χ2n) is 3.48. The van der Waals surface area contributed by atoms with Crippen molar-refractivity contribution in [2.75, 3.05) is 0 Å². The largest absolute Gasteiger partial charge is 0.444 e. The first-order valence-electron chi connectivity index (χ1n) is 4.70. The van der Waals surface area contributed by atoms with E-state index >= 15 is 0 Å². The molecule has 0 spiro atoms. The summed E-state index contributed by atoms with van der Waals surface area (Å²) in [6.07, 6.45) is 1.48. The molecule has 0 saturated carbocycles. The number of nitrogens with zero attached hydrogens (tertiary/aromatic N) is 1. The highest BCUT2D eigenvalue weighted by atomic mass is 16.4. The SMILES string of the molecule is CC(=O)CC(=O)NC(C)c1ncc(C)o1. The van der Waals surface area contributed by atoms with Crippen molar-refractivity contribution < 1.29 is 14.0 Å². The summed E-state index contributed by atoms with van der Waals surface area (Å²) in [7, 11) is 0. The number of hydrogen-bond acceptors (Lipinski definition) is 4. The summed E-state index contributed by atoms with van der Waals surface area (Å²) in [6.45, 7) is 4.91. The van der Waals surface area contributed by atoms with Crippen LogP contribution in [0.3, 0.4) is 0 Å². The van der Waals surface area contributed by atoms with E-state index in [-0.39, 0.29) is 24.2 Å². The van der Waals surface area contributed by atoms with Crippen LogP contribution in [-0.2, 0) is 9.59 Å². The summed E-state index contributed by atoms with van der Waals surface area (Å²) in [5.41, 5.74) is 0. The summed E-state index contributed by atoms with van der Waals surface area (Å²) in [5.74, 6) is 0.663. The van der Waals surface area contributed by atoms with Crippen molar-refractivity contribution in [2.45, 2.75) is 33.2 Å². The topological polar surface area (TPSA) is 72.2 Å². The minimum absolute atomic E-state index is 0.107. The molecule has 1 atom stereocenters. The zero-order chi connectivity index (χ0) is 11.4. The zero-order valence-electron chi connectivity index (χ0n) is 9.03. The van der Waals surface area contributed by atoms with Crippen LogP contribution in [0, 0.1) is 6.92 Å². The Kier molecular flexibility index (Phi) is 3.60. The molecule has 0 aliphatic rings. The molecule has 1 N–H and O–H groups in total. The van der Waals surface area contributed by atoms with Crippen molar-refractivity contribution in [3.8, 4) is 0 Å². The van der Waals surface area contributed by atoms with Gasteiger partial charge in [0.1, 0.15) is 17.6 Å². The molecule has 1 heterocycles. The molecule has 0 saturated heterocycles. The molecule has 1 rings (SSSR count). The third kappa shape index (κ3) is 3.53. The molecule has 1 aromatic heterocycles. The molecular weight excluding hydrogens is 196 g/mol. The van der Waals surface area contributed by atoms with Gasteiger partial charge < -0.3 is 9.73 Å². The Morgan fingerprint density at radius 3 is 2.73 bits per heavy atom. The minimum Gasteiger partial charge on any atom is -0.444 e. The number of Topliss-reactive ketones (excluding diaryl/α,β-unsaturated/α-hetero) is 1. The lowest BCUT2D eigenvalue weighted by atomic mass is 10.2. The molecule has 0 bridgehead atoms. The van der Waals surface area contributed by atoms with Crippen LogP contribution in [-0.4, -0.2) is 16.7 Å². The van der Waals surface area contributed by atoms with Crippen molar-refractivity contribution in [2.24, 2.45) is 0 Å². The Labute approximate surface area is 87.9 Å². The van der Waals surface area contributed by atoms with Crippen molar-refractivity contribution in [3.63, 3.8) is 0 Å². The predicted molar refractivity (Wildman–Crippen MR) is 53.1 cm³/mol. The van der Waals surface area contributed by atoms with E-state index in [4.69, 9.17) is 4.42 Å². The highest BCUT2D eigenvalue weighted by Gasteiger charge is 2.14. The summed E-state index contributed by atoms with van der Waals surface area (Å²) in [5, 5.41) is 2.62. The maximum Gasteiger partial charge on any atom is 0.228 e. The van der Waals surface area contributed by atoms with Crippen LogP contribution in [0.2, 0.25) is 0 Å². The van der Waals surface area contributed by atoms with Crippen molar-refractivity contribution in [1.82, 2.24) is 10.3 Å². The number of carbonyl (C=O) groups excluding carboxylic acids is 2. The lowest BCUT2D eigenvalue weighted by Crippen LogP contribution is -2.28. The normalized spacial score (nSPS) is 12.2. The zero-order valence-corrected chi connectivity index (χ0v) is 9.03. The maximum absolute atomic E-state index is 11.2. The standard InChI is InChI=1S/C10H14N2O3/c1-6(13)4-9(14)12-8(3)10-11-5-7(2)15-10/h5,8H,4H2,1-3H3,(H,12,14). The number of aromatic nitrogens is 1. The molecule has 1 amide bonds. The molecule has 0 aliphatic heterocycles. The second kappa shape index (κ2) is 4.72. The van der Waals surface area contributed by atoms with Crippen LogP contribution >= 0.6 is 0 Å². The lowest BCUT2D eigenvalue weighted by Gasteiger charge is -2.09. The molecule has 0 fully saturated rings. The van der Waals surface area contributed by atoms with E-state index in [0.717, 1.165) is 0 Å². The van der Waals surface area contributed by atoms with Gasteiger partial charge in [0, 0.05) is 0 Å². The fourth-order valence-corrected chi connectivity index (χ4v) is 1.15. The average molecular weight is 210 g/mol. The van der Waals surface area contributed by atoms with Crippen LogP contribution in [0.15, 0.2) is 10.6 Å². The molecule has 5 heteroatoms. The number of hydrogen-bond donors (Lipinski definition) is 1. The van der Waals surface area contributed by atoms with Crippen molar-refractivity contribution in [1.29, 1.82) is 0 Å². The molecule has 0 radical (unpaired) electrons. The number of oxazole rings is 1. The molecule has 0 aliphatic carbocycles. The predicted octanol–water partition coefficient (Wildman–Crippen LogP) is 1.14. The molecule has 82 valence electrons. The van der Waals surface area contributed by atoms with Crippen LogP contribution in [0.25, 0.3) is 0 Å². The number of rotatable bonds is 4. The quantitative estimate of drug-likeness (QED) is 0.756. The smallest absolute Gasteiger partial charge is 0.228 e. The monoisotopic (exact) mass is 210 g/mol. The Morgan fingerprint density at radius 2 is 2.27 bits per heavy atom. The van der Waals surface area contributed by atoms with Crippen LogP contribution in [0.5, 0.6) is 0 Å². The van der Waals surface area contributed by atoms with E-state index in [0.29, 0.717) is 11.7 Å². The van der Waals surface area contributed by atoms with Gasteiger partial charge in [-0.2, -0.15) is 0 Å². The third-order valence-electron chi connectivity index (χ3n) is 1.80. The highest BCUT2D eigenvalue weighted by Crippen LogP contribution is 2.11. The number of aryl methyl sites for hydroxylation is 1. The Balaban J connectivity index is 2.52. The van der Waals surface area contributed by atoms with Gasteiger partial charge in [-0.25, -0.2) is 4.98 Å². The first kappa shape index (κ1) is 11.4. The lowest BCUT2D eigenvalue weighted by molar-refractivity contribution is -0.127. The molecule has 0 aromatic carbocycles. The van der Waals surface area contributed by atoms with Gasteiger partial charge in [0.2, 0.25) is 11.8 Å². The Bertz CT molecular complexity index is 370. The first-order valence-corrected chi connectivity index (χ1v) is 4.70. The molecule has 1 unspecified atom stereocenters. The fourth-order valence-electron chi connectivity index (χ4n) is 1.15. The van der Waals surface area contributed by atoms with E-state index < -0.39 is 0 Å². The maximum atomic E-state index is 11.2. The van der Waals surface area contributed by atoms with Gasteiger partial charge >= 0.3 is 0 Å². The van der Waals surface area contributed by atoms with Gasteiger partial charge in [0.25, 0.3) is 0 Å². The van der Waals surface area contributed by atoms with Crippen molar-refractivity contribution in [3.05, 3.63) is 17.8 Å². The van der Waals surface area contributed by atoms with E-state index in [1.165, 1.54) is 6.92 Å². The van der Waals surface area contributed by atoms with Gasteiger partial charge in [-0.15, -0.1) is 0 Å². The van der Waals surface area contributed by atoms with Crippen molar-refractivity contribution >= 4 is 11.7 Å². The fraction of sp³-hybridized carbons (Fsp3) is 0.500. The van der Waals surface area contributed by atoms with Gasteiger partial charge in [-0.1, -0.05) is 0 Å². The Morgan fingerprint density at radius 1 is 1.60 bits per heavy atom. The van der Waals surface area contributed by atoms with E-state index in [9.17, 15) is 9.59 Å². The van der Waals surface area contributed by atoms with E-state index in [2.05, 4.69) is 10.3 Å². The minimum atomic E-state index is -0.314. The van der Waals surface area contributed by atoms with Gasteiger partial charge in [0.15, 0.2) is 0 Å². The molecular formula is C10H14N2O3. The second-order valence-corrected chi connectivity index (χ2v) is 3.48. The van der Waals surface area contributed by atoms with Crippen LogP contribution < -0.4 is 5.32 Å². The van der Waals surface area contributed by atoms with E-state index in [1.54, 1.807) is 20.0 Å². The third-order valence-corrected chi connectivity index (χ3v) is 1.80. The highest BCUT2D eigenvalue weighted by molar-refractivity contribution is 5.96.